The van der Waals surface area contributed by atoms with Crippen LogP contribution in [0.5, 0.6) is 0 Å². The fraction of sp³-hybridized carbons (Fsp3) is 0.636. The summed E-state index contributed by atoms with van der Waals surface area (Å²) < 4.78 is 0. The first-order valence-corrected chi connectivity index (χ1v) is 5.11. The highest BCUT2D eigenvalue weighted by atomic mass is 15.0. The Kier molecular flexibility index (Phi) is 3.44. The van der Waals surface area contributed by atoms with E-state index in [1.54, 1.807) is 0 Å². The van der Waals surface area contributed by atoms with Gasteiger partial charge in [-0.25, -0.2) is 9.97 Å². The van der Waals surface area contributed by atoms with Crippen molar-refractivity contribution >= 4 is 5.82 Å². The Morgan fingerprint density at radius 3 is 2.14 bits per heavy atom. The molecule has 1 N–H and O–H groups in total. The van der Waals surface area contributed by atoms with E-state index < -0.39 is 0 Å². The molecule has 0 fully saturated rings. The maximum atomic E-state index is 4.53. The quantitative estimate of drug-likeness (QED) is 0.802. The molecular formula is C11H19N3. The van der Waals surface area contributed by atoms with E-state index in [0.717, 1.165) is 17.3 Å². The van der Waals surface area contributed by atoms with Crippen molar-refractivity contribution in [2.24, 2.45) is 0 Å². The van der Waals surface area contributed by atoms with Crippen molar-refractivity contribution in [3.05, 3.63) is 17.6 Å². The predicted molar refractivity (Wildman–Crippen MR) is 59.8 cm³/mol. The SMILES string of the molecule is CNc1cc(C(C)C)nc(C(C)C)n1. The highest BCUT2D eigenvalue weighted by molar-refractivity contribution is 5.36. The van der Waals surface area contributed by atoms with Crippen LogP contribution in [0.25, 0.3) is 0 Å². The molecule has 1 aromatic heterocycles. The van der Waals surface area contributed by atoms with Gasteiger partial charge in [0.25, 0.3) is 0 Å². The van der Waals surface area contributed by atoms with E-state index in [0.29, 0.717) is 11.8 Å². The molecule has 0 atom stereocenters. The Hall–Kier alpha value is -1.12. The van der Waals surface area contributed by atoms with Gasteiger partial charge in [0.15, 0.2) is 0 Å². The van der Waals surface area contributed by atoms with Crippen molar-refractivity contribution in [1.82, 2.24) is 9.97 Å². The number of hydrogen-bond donors (Lipinski definition) is 1. The van der Waals surface area contributed by atoms with E-state index in [2.05, 4.69) is 43.0 Å². The van der Waals surface area contributed by atoms with Gasteiger partial charge in [-0.1, -0.05) is 27.7 Å². The van der Waals surface area contributed by atoms with Crippen LogP contribution in [0.15, 0.2) is 6.07 Å². The van der Waals surface area contributed by atoms with Gasteiger partial charge in [0, 0.05) is 24.7 Å². The molecule has 0 saturated carbocycles. The van der Waals surface area contributed by atoms with Crippen LogP contribution >= 0.6 is 0 Å². The summed E-state index contributed by atoms with van der Waals surface area (Å²) in [5.41, 5.74) is 1.10. The summed E-state index contributed by atoms with van der Waals surface area (Å²) in [6.07, 6.45) is 0. The lowest BCUT2D eigenvalue weighted by Gasteiger charge is -2.11. The van der Waals surface area contributed by atoms with Crippen LogP contribution in [0.3, 0.4) is 0 Å². The van der Waals surface area contributed by atoms with Gasteiger partial charge in [-0.3, -0.25) is 0 Å². The molecule has 0 unspecified atom stereocenters. The summed E-state index contributed by atoms with van der Waals surface area (Å²) in [4.78, 5) is 8.94. The van der Waals surface area contributed by atoms with Crippen molar-refractivity contribution in [2.75, 3.05) is 12.4 Å². The molecule has 78 valence electrons. The third-order valence-corrected chi connectivity index (χ3v) is 2.13. The largest absolute Gasteiger partial charge is 0.373 e. The molecule has 0 bridgehead atoms. The van der Waals surface area contributed by atoms with E-state index >= 15 is 0 Å². The topological polar surface area (TPSA) is 37.8 Å². The number of hydrogen-bond acceptors (Lipinski definition) is 3. The Bertz CT molecular complexity index is 279. The van der Waals surface area contributed by atoms with Gasteiger partial charge in [-0.15, -0.1) is 0 Å². The molecule has 0 saturated heterocycles. The highest BCUT2D eigenvalue weighted by Crippen LogP contribution is 2.18. The molecule has 1 rings (SSSR count). The van der Waals surface area contributed by atoms with E-state index in [9.17, 15) is 0 Å². The van der Waals surface area contributed by atoms with Crippen LogP contribution < -0.4 is 5.32 Å². The summed E-state index contributed by atoms with van der Waals surface area (Å²) in [6.45, 7) is 8.51. The second-order valence-electron chi connectivity index (χ2n) is 4.10. The summed E-state index contributed by atoms with van der Waals surface area (Å²) >= 11 is 0. The Labute approximate surface area is 86.0 Å². The number of anilines is 1. The summed E-state index contributed by atoms with van der Waals surface area (Å²) in [6, 6.07) is 2.01. The molecule has 1 heterocycles. The molecule has 0 aromatic carbocycles. The molecular weight excluding hydrogens is 174 g/mol. The minimum absolute atomic E-state index is 0.376. The van der Waals surface area contributed by atoms with E-state index in [4.69, 9.17) is 0 Å². The standard InChI is InChI=1S/C11H19N3/c1-7(2)9-6-10(12-5)14-11(13-9)8(3)4/h6-8H,1-5H3,(H,12,13,14). The lowest BCUT2D eigenvalue weighted by Crippen LogP contribution is -2.05. The number of aromatic nitrogens is 2. The fourth-order valence-corrected chi connectivity index (χ4v) is 1.17. The highest BCUT2D eigenvalue weighted by Gasteiger charge is 2.09. The fourth-order valence-electron chi connectivity index (χ4n) is 1.17. The van der Waals surface area contributed by atoms with Crippen molar-refractivity contribution in [3.8, 4) is 0 Å². The molecule has 3 nitrogen and oxygen atoms in total. The lowest BCUT2D eigenvalue weighted by atomic mass is 10.1. The third kappa shape index (κ3) is 2.44. The van der Waals surface area contributed by atoms with Crippen molar-refractivity contribution in [3.63, 3.8) is 0 Å². The molecule has 0 aliphatic rings. The third-order valence-electron chi connectivity index (χ3n) is 2.13. The maximum absolute atomic E-state index is 4.53. The Balaban J connectivity index is 3.13. The zero-order valence-electron chi connectivity index (χ0n) is 9.63. The summed E-state index contributed by atoms with van der Waals surface area (Å²) in [5, 5.41) is 3.07. The minimum Gasteiger partial charge on any atom is -0.373 e. The molecule has 14 heavy (non-hydrogen) atoms. The van der Waals surface area contributed by atoms with E-state index in [-0.39, 0.29) is 0 Å². The molecule has 0 aliphatic carbocycles. The van der Waals surface area contributed by atoms with Gasteiger partial charge in [0.1, 0.15) is 11.6 Å². The molecule has 0 amide bonds. The minimum atomic E-state index is 0.376. The second-order valence-corrected chi connectivity index (χ2v) is 4.10. The summed E-state index contributed by atoms with van der Waals surface area (Å²) in [5.74, 6) is 2.65. The van der Waals surface area contributed by atoms with Crippen LogP contribution in [0.2, 0.25) is 0 Å². The van der Waals surface area contributed by atoms with Crippen molar-refractivity contribution < 1.29 is 0 Å². The van der Waals surface area contributed by atoms with E-state index in [1.165, 1.54) is 0 Å². The number of nitrogens with zero attached hydrogens (tertiary/aromatic N) is 2. The van der Waals surface area contributed by atoms with Crippen LogP contribution in [0.4, 0.5) is 5.82 Å². The molecule has 1 aromatic rings. The average molecular weight is 193 g/mol. The lowest BCUT2D eigenvalue weighted by molar-refractivity contribution is 0.731. The van der Waals surface area contributed by atoms with Gasteiger partial charge in [-0.05, 0) is 5.92 Å². The summed E-state index contributed by atoms with van der Waals surface area (Å²) in [7, 11) is 1.89. The molecule has 0 radical (unpaired) electrons. The second kappa shape index (κ2) is 4.40. The van der Waals surface area contributed by atoms with Crippen LogP contribution in [-0.2, 0) is 0 Å². The molecule has 0 aliphatic heterocycles. The molecule has 0 spiro atoms. The predicted octanol–water partition coefficient (Wildman–Crippen LogP) is 2.77. The van der Waals surface area contributed by atoms with E-state index in [1.807, 2.05) is 13.1 Å². The Morgan fingerprint density at radius 2 is 1.71 bits per heavy atom. The van der Waals surface area contributed by atoms with Gasteiger partial charge in [0.05, 0.1) is 0 Å². The number of nitrogens with one attached hydrogen (secondary N) is 1. The van der Waals surface area contributed by atoms with Crippen LogP contribution in [0, 0.1) is 0 Å². The van der Waals surface area contributed by atoms with Crippen LogP contribution in [0.1, 0.15) is 51.0 Å². The smallest absolute Gasteiger partial charge is 0.133 e. The first kappa shape index (κ1) is 11.0. The average Bonchev–Trinajstić information content (AvgIpc) is 2.16. The monoisotopic (exact) mass is 193 g/mol. The zero-order chi connectivity index (χ0) is 10.7. The normalized spacial score (nSPS) is 11.1. The van der Waals surface area contributed by atoms with Crippen molar-refractivity contribution in [2.45, 2.75) is 39.5 Å². The van der Waals surface area contributed by atoms with Crippen molar-refractivity contribution in [1.29, 1.82) is 0 Å². The first-order valence-electron chi connectivity index (χ1n) is 5.11. The zero-order valence-corrected chi connectivity index (χ0v) is 9.63. The van der Waals surface area contributed by atoms with Gasteiger partial charge in [-0.2, -0.15) is 0 Å². The maximum Gasteiger partial charge on any atom is 0.133 e. The van der Waals surface area contributed by atoms with Gasteiger partial charge < -0.3 is 5.32 Å². The Morgan fingerprint density at radius 1 is 1.07 bits per heavy atom. The molecule has 3 heteroatoms. The number of rotatable bonds is 3. The first-order chi connectivity index (χ1) is 6.54. The van der Waals surface area contributed by atoms with Gasteiger partial charge >= 0.3 is 0 Å². The van der Waals surface area contributed by atoms with Crippen LogP contribution in [-0.4, -0.2) is 17.0 Å². The van der Waals surface area contributed by atoms with Gasteiger partial charge in [0.2, 0.25) is 0 Å².